The lowest BCUT2D eigenvalue weighted by molar-refractivity contribution is 0.102. The molecule has 0 radical (unpaired) electrons. The zero-order valence-electron chi connectivity index (χ0n) is 13.8. The number of hydrogen-bond donors (Lipinski definition) is 0. The number of nitrogens with zero attached hydrogens (tertiary/aromatic N) is 1. The van der Waals surface area contributed by atoms with E-state index >= 15 is 0 Å². The molecular weight excluding hydrogens is 306 g/mol. The minimum atomic E-state index is 0.124. The SMILES string of the molecule is Cc1cc(C)c(C)c(C(=O)CSc2nc3ccccc3o2)c1C. The molecule has 3 nitrogen and oxygen atoms in total. The van der Waals surface area contributed by atoms with E-state index in [4.69, 9.17) is 4.42 Å². The first-order valence-corrected chi connectivity index (χ1v) is 8.55. The van der Waals surface area contributed by atoms with Crippen molar-refractivity contribution in [2.24, 2.45) is 0 Å². The molecular formula is C19H19NO2S. The molecule has 0 aliphatic heterocycles. The predicted molar refractivity (Wildman–Crippen MR) is 94.5 cm³/mol. The number of aryl methyl sites for hydroxylation is 2. The smallest absolute Gasteiger partial charge is 0.257 e. The Labute approximate surface area is 140 Å². The molecule has 0 unspecified atom stereocenters. The van der Waals surface area contributed by atoms with E-state index in [9.17, 15) is 4.79 Å². The number of hydrogen-bond acceptors (Lipinski definition) is 4. The number of aromatic nitrogens is 1. The summed E-state index contributed by atoms with van der Waals surface area (Å²) in [6.45, 7) is 8.12. The minimum Gasteiger partial charge on any atom is -0.431 e. The number of fused-ring (bicyclic) bond motifs is 1. The Morgan fingerprint density at radius 2 is 1.74 bits per heavy atom. The van der Waals surface area contributed by atoms with Crippen molar-refractivity contribution in [3.63, 3.8) is 0 Å². The van der Waals surface area contributed by atoms with Gasteiger partial charge in [0.05, 0.1) is 5.75 Å². The van der Waals surface area contributed by atoms with Crippen molar-refractivity contribution in [2.75, 3.05) is 5.75 Å². The van der Waals surface area contributed by atoms with E-state index in [1.165, 1.54) is 11.8 Å². The molecule has 0 bridgehead atoms. The Bertz CT molecular complexity index is 837. The van der Waals surface area contributed by atoms with Crippen LogP contribution in [0, 0.1) is 27.7 Å². The predicted octanol–water partition coefficient (Wildman–Crippen LogP) is 5.04. The third-order valence-corrected chi connectivity index (χ3v) is 5.07. The topological polar surface area (TPSA) is 43.1 Å². The van der Waals surface area contributed by atoms with Gasteiger partial charge in [-0.05, 0) is 62.1 Å². The molecule has 0 atom stereocenters. The van der Waals surface area contributed by atoms with Crippen molar-refractivity contribution in [3.05, 3.63) is 58.1 Å². The van der Waals surface area contributed by atoms with Gasteiger partial charge in [0.1, 0.15) is 5.52 Å². The molecule has 0 saturated carbocycles. The van der Waals surface area contributed by atoms with Gasteiger partial charge in [0.25, 0.3) is 5.22 Å². The standard InChI is InChI=1S/C19H19NO2S/c1-11-9-12(2)14(4)18(13(11)3)16(21)10-23-19-20-15-7-5-6-8-17(15)22-19/h5-9H,10H2,1-4H3. The van der Waals surface area contributed by atoms with Gasteiger partial charge in [-0.1, -0.05) is 30.0 Å². The number of oxazole rings is 1. The van der Waals surface area contributed by atoms with Crippen LogP contribution < -0.4 is 0 Å². The highest BCUT2D eigenvalue weighted by Crippen LogP contribution is 2.27. The second-order valence-corrected chi connectivity index (χ2v) is 6.72. The summed E-state index contributed by atoms with van der Waals surface area (Å²) in [5.41, 5.74) is 6.85. The van der Waals surface area contributed by atoms with Gasteiger partial charge in [0, 0.05) is 5.56 Å². The number of Topliss-reactive ketones (excluding diaryl/α,β-unsaturated/α-hetero) is 1. The van der Waals surface area contributed by atoms with Crippen LogP contribution in [-0.2, 0) is 0 Å². The quantitative estimate of drug-likeness (QED) is 0.498. The molecule has 0 aliphatic carbocycles. The Morgan fingerprint density at radius 1 is 1.09 bits per heavy atom. The molecule has 1 aromatic heterocycles. The molecule has 1 heterocycles. The largest absolute Gasteiger partial charge is 0.431 e. The van der Waals surface area contributed by atoms with Crippen molar-refractivity contribution in [1.29, 1.82) is 0 Å². The first-order valence-electron chi connectivity index (χ1n) is 7.56. The lowest BCUT2D eigenvalue weighted by Gasteiger charge is -2.13. The number of carbonyl (C=O) groups is 1. The zero-order valence-corrected chi connectivity index (χ0v) is 14.6. The Balaban J connectivity index is 1.82. The van der Waals surface area contributed by atoms with Crippen molar-refractivity contribution in [1.82, 2.24) is 4.98 Å². The Hall–Kier alpha value is -2.07. The number of benzene rings is 2. The van der Waals surface area contributed by atoms with E-state index in [1.54, 1.807) is 0 Å². The van der Waals surface area contributed by atoms with Crippen molar-refractivity contribution >= 4 is 28.6 Å². The maximum atomic E-state index is 12.7. The molecule has 0 N–H and O–H groups in total. The fraction of sp³-hybridized carbons (Fsp3) is 0.263. The summed E-state index contributed by atoms with van der Waals surface area (Å²) in [5.74, 6) is 0.455. The third kappa shape index (κ3) is 3.04. The van der Waals surface area contributed by atoms with Gasteiger partial charge in [-0.25, -0.2) is 4.98 Å². The van der Waals surface area contributed by atoms with Crippen LogP contribution in [0.5, 0.6) is 0 Å². The highest BCUT2D eigenvalue weighted by Gasteiger charge is 2.17. The van der Waals surface area contributed by atoms with Crippen molar-refractivity contribution in [2.45, 2.75) is 32.9 Å². The number of para-hydroxylation sites is 2. The van der Waals surface area contributed by atoms with Gasteiger partial charge in [0.2, 0.25) is 0 Å². The molecule has 0 amide bonds. The van der Waals surface area contributed by atoms with Gasteiger partial charge in [-0.3, -0.25) is 4.79 Å². The number of rotatable bonds is 4. The van der Waals surface area contributed by atoms with Gasteiger partial charge in [-0.2, -0.15) is 0 Å². The lowest BCUT2D eigenvalue weighted by atomic mass is 9.92. The maximum Gasteiger partial charge on any atom is 0.257 e. The second-order valence-electron chi connectivity index (χ2n) is 5.79. The zero-order chi connectivity index (χ0) is 16.6. The van der Waals surface area contributed by atoms with Gasteiger partial charge >= 0.3 is 0 Å². The summed E-state index contributed by atoms with van der Waals surface area (Å²) in [6.07, 6.45) is 0. The van der Waals surface area contributed by atoms with Crippen molar-refractivity contribution < 1.29 is 9.21 Å². The minimum absolute atomic E-state index is 0.124. The van der Waals surface area contributed by atoms with Gasteiger partial charge in [-0.15, -0.1) is 0 Å². The van der Waals surface area contributed by atoms with Crippen LogP contribution in [-0.4, -0.2) is 16.5 Å². The van der Waals surface area contributed by atoms with Crippen LogP contribution in [0.1, 0.15) is 32.6 Å². The summed E-state index contributed by atoms with van der Waals surface area (Å²) in [6, 6.07) is 9.76. The average Bonchev–Trinajstić information content (AvgIpc) is 2.94. The molecule has 3 aromatic rings. The molecule has 118 valence electrons. The van der Waals surface area contributed by atoms with E-state index in [0.717, 1.165) is 38.9 Å². The van der Waals surface area contributed by atoms with Crippen molar-refractivity contribution in [3.8, 4) is 0 Å². The Morgan fingerprint density at radius 3 is 2.39 bits per heavy atom. The summed E-state index contributed by atoms with van der Waals surface area (Å²) in [4.78, 5) is 17.1. The van der Waals surface area contributed by atoms with Crippen LogP contribution in [0.15, 0.2) is 40.0 Å². The van der Waals surface area contributed by atoms with E-state index in [-0.39, 0.29) is 5.78 Å². The molecule has 2 aromatic carbocycles. The van der Waals surface area contributed by atoms with Gasteiger partial charge < -0.3 is 4.42 Å². The molecule has 0 fully saturated rings. The molecule has 23 heavy (non-hydrogen) atoms. The molecule has 3 rings (SSSR count). The molecule has 0 spiro atoms. The molecule has 4 heteroatoms. The summed E-state index contributed by atoms with van der Waals surface area (Å²) < 4.78 is 5.66. The fourth-order valence-electron chi connectivity index (χ4n) is 2.75. The highest BCUT2D eigenvalue weighted by atomic mass is 32.2. The summed E-state index contributed by atoms with van der Waals surface area (Å²) >= 11 is 1.35. The van der Waals surface area contributed by atoms with E-state index in [1.807, 2.05) is 52.0 Å². The third-order valence-electron chi connectivity index (χ3n) is 4.25. The maximum absolute atomic E-state index is 12.7. The first-order chi connectivity index (χ1) is 11.0. The van der Waals surface area contributed by atoms with E-state index < -0.39 is 0 Å². The number of ketones is 1. The number of carbonyl (C=O) groups excluding carboxylic acids is 1. The first kappa shape index (κ1) is 15.8. The molecule has 0 aliphatic rings. The highest BCUT2D eigenvalue weighted by molar-refractivity contribution is 7.99. The van der Waals surface area contributed by atoms with Crippen LogP contribution >= 0.6 is 11.8 Å². The summed E-state index contributed by atoms with van der Waals surface area (Å²) in [5, 5.41) is 0.541. The lowest BCUT2D eigenvalue weighted by Crippen LogP contribution is -2.10. The monoisotopic (exact) mass is 325 g/mol. The van der Waals surface area contributed by atoms with Crippen LogP contribution in [0.3, 0.4) is 0 Å². The summed E-state index contributed by atoms with van der Waals surface area (Å²) in [7, 11) is 0. The van der Waals surface area contributed by atoms with Gasteiger partial charge in [0.15, 0.2) is 11.4 Å². The second kappa shape index (κ2) is 6.20. The normalized spacial score (nSPS) is 11.1. The van der Waals surface area contributed by atoms with E-state index in [0.29, 0.717) is 11.0 Å². The van der Waals surface area contributed by atoms with Crippen LogP contribution in [0.25, 0.3) is 11.1 Å². The average molecular weight is 325 g/mol. The molecule has 0 saturated heterocycles. The fourth-order valence-corrected chi connectivity index (χ4v) is 3.46. The Kier molecular flexibility index (Phi) is 4.26. The van der Waals surface area contributed by atoms with E-state index in [2.05, 4.69) is 11.1 Å². The number of thioether (sulfide) groups is 1. The van der Waals surface area contributed by atoms with Crippen LogP contribution in [0.4, 0.5) is 0 Å². The van der Waals surface area contributed by atoms with Crippen LogP contribution in [0.2, 0.25) is 0 Å².